The Morgan fingerprint density at radius 3 is 2.54 bits per heavy atom. The number of aliphatic hydroxyl groups excluding tert-OH is 1. The predicted molar refractivity (Wildman–Crippen MR) is 109 cm³/mol. The molecule has 0 aliphatic rings. The van der Waals surface area contributed by atoms with E-state index >= 15 is 0 Å². The van der Waals surface area contributed by atoms with Gasteiger partial charge >= 0.3 is 0 Å². The first kappa shape index (κ1) is 22.1. The lowest BCUT2D eigenvalue weighted by molar-refractivity contribution is 0.0705. The van der Waals surface area contributed by atoms with Gasteiger partial charge in [0, 0.05) is 38.2 Å². The molecule has 1 aromatic carbocycles. The second-order valence-corrected chi connectivity index (χ2v) is 6.80. The Morgan fingerprint density at radius 1 is 1.11 bits per heavy atom. The van der Waals surface area contributed by atoms with E-state index in [0.717, 1.165) is 30.9 Å². The smallest absolute Gasteiger partial charge is 0.161 e. The first-order chi connectivity index (χ1) is 13.5. The fraction of sp³-hybridized carbons (Fsp3) is 0.524. The van der Waals surface area contributed by atoms with Gasteiger partial charge in [0.05, 0.1) is 12.8 Å². The van der Waals surface area contributed by atoms with E-state index in [1.54, 1.807) is 25.7 Å². The van der Waals surface area contributed by atoms with Crippen LogP contribution in [-0.2, 0) is 13.1 Å². The number of ether oxygens (including phenoxy) is 2. The lowest BCUT2D eigenvalue weighted by Crippen LogP contribution is -2.35. The number of hydrogen-bond donors (Lipinski definition) is 1. The van der Waals surface area contributed by atoms with E-state index in [-0.39, 0.29) is 6.61 Å². The van der Waals surface area contributed by atoms with Crippen molar-refractivity contribution in [2.24, 2.45) is 0 Å². The third-order valence-corrected chi connectivity index (χ3v) is 4.52. The van der Waals surface area contributed by atoms with Crippen LogP contribution in [0.15, 0.2) is 36.8 Å². The molecule has 0 spiro atoms. The summed E-state index contributed by atoms with van der Waals surface area (Å²) >= 11 is 0. The quantitative estimate of drug-likeness (QED) is 0.598. The maximum atomic E-state index is 10.2. The number of aromatic nitrogens is 2. The number of aliphatic hydroxyl groups is 1. The molecule has 1 atom stereocenters. The summed E-state index contributed by atoms with van der Waals surface area (Å²) in [6.45, 7) is 8.28. The molecule has 1 heterocycles. The molecular formula is C21H32N4O3. The molecule has 1 N–H and O–H groups in total. The lowest BCUT2D eigenvalue weighted by atomic mass is 10.2. The average Bonchev–Trinajstić information content (AvgIpc) is 2.71. The van der Waals surface area contributed by atoms with Gasteiger partial charge in [-0.2, -0.15) is 0 Å². The van der Waals surface area contributed by atoms with E-state index in [1.165, 1.54) is 0 Å². The largest absolute Gasteiger partial charge is 0.493 e. The maximum Gasteiger partial charge on any atom is 0.161 e. The zero-order chi connectivity index (χ0) is 20.4. The predicted octanol–water partition coefficient (Wildman–Crippen LogP) is 2.20. The number of likely N-dealkylation sites (N-methyl/N-ethyl adjacent to an activating group) is 1. The van der Waals surface area contributed by atoms with Gasteiger partial charge in [0.25, 0.3) is 0 Å². The van der Waals surface area contributed by atoms with Gasteiger partial charge in [-0.15, -0.1) is 0 Å². The number of methoxy groups -OCH3 is 1. The number of nitrogens with zero attached hydrogens (tertiary/aromatic N) is 4. The molecule has 0 aliphatic heterocycles. The Morgan fingerprint density at radius 2 is 1.89 bits per heavy atom. The molecule has 0 saturated heterocycles. The van der Waals surface area contributed by atoms with Crippen molar-refractivity contribution in [3.63, 3.8) is 0 Å². The molecule has 1 aromatic heterocycles. The molecule has 28 heavy (non-hydrogen) atoms. The van der Waals surface area contributed by atoms with Gasteiger partial charge in [0.15, 0.2) is 11.5 Å². The fourth-order valence-electron chi connectivity index (χ4n) is 3.00. The van der Waals surface area contributed by atoms with Crippen LogP contribution in [0.4, 0.5) is 0 Å². The van der Waals surface area contributed by atoms with Crippen LogP contribution in [0.25, 0.3) is 0 Å². The minimum absolute atomic E-state index is 0.235. The molecule has 0 radical (unpaired) electrons. The molecule has 7 heteroatoms. The van der Waals surface area contributed by atoms with E-state index in [1.807, 2.05) is 25.2 Å². The number of benzene rings is 1. The van der Waals surface area contributed by atoms with Crippen molar-refractivity contribution < 1.29 is 14.6 Å². The Bertz CT molecular complexity index is 695. The number of rotatable bonds is 12. The summed E-state index contributed by atoms with van der Waals surface area (Å²) in [6.07, 6.45) is 4.61. The van der Waals surface area contributed by atoms with Crippen LogP contribution in [0.2, 0.25) is 0 Å². The normalized spacial score (nSPS) is 12.4. The van der Waals surface area contributed by atoms with Gasteiger partial charge in [-0.05, 0) is 37.8 Å². The topological polar surface area (TPSA) is 71.0 Å². The highest BCUT2D eigenvalue weighted by atomic mass is 16.5. The molecule has 7 nitrogen and oxygen atoms in total. The van der Waals surface area contributed by atoms with Crippen LogP contribution in [0.1, 0.15) is 25.1 Å². The Kier molecular flexibility index (Phi) is 9.13. The van der Waals surface area contributed by atoms with E-state index < -0.39 is 6.10 Å². The van der Waals surface area contributed by atoms with E-state index in [4.69, 9.17) is 9.47 Å². The van der Waals surface area contributed by atoms with Gasteiger partial charge in [0.1, 0.15) is 12.7 Å². The minimum Gasteiger partial charge on any atom is -0.493 e. The third kappa shape index (κ3) is 7.07. The highest BCUT2D eigenvalue weighted by Crippen LogP contribution is 2.28. The highest BCUT2D eigenvalue weighted by Gasteiger charge is 2.13. The summed E-state index contributed by atoms with van der Waals surface area (Å²) in [6, 6.07) is 5.88. The van der Waals surface area contributed by atoms with Crippen LogP contribution in [0, 0.1) is 0 Å². The molecule has 0 aliphatic carbocycles. The Labute approximate surface area is 167 Å². The van der Waals surface area contributed by atoms with E-state index in [2.05, 4.69) is 33.6 Å². The van der Waals surface area contributed by atoms with E-state index in [0.29, 0.717) is 24.6 Å². The van der Waals surface area contributed by atoms with Gasteiger partial charge < -0.3 is 19.5 Å². The van der Waals surface area contributed by atoms with Crippen molar-refractivity contribution in [3.05, 3.63) is 48.0 Å². The monoisotopic (exact) mass is 388 g/mol. The van der Waals surface area contributed by atoms with Crippen LogP contribution < -0.4 is 9.47 Å². The third-order valence-electron chi connectivity index (χ3n) is 4.52. The standard InChI is InChI=1S/C21H32N4O3/c1-5-25(6-2)15-19(26)16-28-20-8-7-17(11-21(20)27-4)13-24(3)14-18-12-22-9-10-23-18/h7-12,19,26H,5-6,13-16H2,1-4H3. The first-order valence-electron chi connectivity index (χ1n) is 9.69. The molecule has 0 amide bonds. The second kappa shape index (κ2) is 11.6. The molecule has 2 rings (SSSR count). The Hall–Kier alpha value is -2.22. The zero-order valence-electron chi connectivity index (χ0n) is 17.3. The van der Waals surface area contributed by atoms with Gasteiger partial charge in [0.2, 0.25) is 0 Å². The Balaban J connectivity index is 1.92. The van der Waals surface area contributed by atoms with Crippen molar-refractivity contribution in [3.8, 4) is 11.5 Å². The summed E-state index contributed by atoms with van der Waals surface area (Å²) < 4.78 is 11.3. The summed E-state index contributed by atoms with van der Waals surface area (Å²) in [5.41, 5.74) is 2.04. The van der Waals surface area contributed by atoms with Gasteiger partial charge in [-0.25, -0.2) is 0 Å². The van der Waals surface area contributed by atoms with Crippen LogP contribution >= 0.6 is 0 Å². The lowest BCUT2D eigenvalue weighted by Gasteiger charge is -2.22. The maximum absolute atomic E-state index is 10.2. The first-order valence-corrected chi connectivity index (χ1v) is 9.69. The fourth-order valence-corrected chi connectivity index (χ4v) is 3.00. The molecular weight excluding hydrogens is 356 g/mol. The SMILES string of the molecule is CCN(CC)CC(O)COc1ccc(CN(C)Cc2cnccn2)cc1OC. The van der Waals surface area contributed by atoms with Crippen molar-refractivity contribution >= 4 is 0 Å². The number of hydrogen-bond acceptors (Lipinski definition) is 7. The van der Waals surface area contributed by atoms with Crippen LogP contribution in [0.3, 0.4) is 0 Å². The zero-order valence-corrected chi connectivity index (χ0v) is 17.3. The highest BCUT2D eigenvalue weighted by molar-refractivity contribution is 5.43. The summed E-state index contributed by atoms with van der Waals surface area (Å²) in [5.74, 6) is 1.31. The molecule has 1 unspecified atom stereocenters. The summed E-state index contributed by atoms with van der Waals surface area (Å²) in [4.78, 5) is 12.7. The summed E-state index contributed by atoms with van der Waals surface area (Å²) in [5, 5.41) is 10.2. The molecule has 2 aromatic rings. The average molecular weight is 389 g/mol. The summed E-state index contributed by atoms with van der Waals surface area (Å²) in [7, 11) is 3.66. The molecule has 154 valence electrons. The van der Waals surface area contributed by atoms with Gasteiger partial charge in [-0.1, -0.05) is 19.9 Å². The second-order valence-electron chi connectivity index (χ2n) is 6.80. The van der Waals surface area contributed by atoms with Crippen molar-refractivity contribution in [1.29, 1.82) is 0 Å². The molecule has 0 bridgehead atoms. The van der Waals surface area contributed by atoms with E-state index in [9.17, 15) is 5.11 Å². The van der Waals surface area contributed by atoms with Crippen molar-refractivity contribution in [1.82, 2.24) is 19.8 Å². The van der Waals surface area contributed by atoms with Crippen molar-refractivity contribution in [2.45, 2.75) is 33.0 Å². The van der Waals surface area contributed by atoms with Crippen LogP contribution in [-0.4, -0.2) is 71.4 Å². The molecule has 0 fully saturated rings. The molecule has 0 saturated carbocycles. The van der Waals surface area contributed by atoms with Crippen molar-refractivity contribution in [2.75, 3.05) is 40.4 Å². The minimum atomic E-state index is -0.539. The van der Waals surface area contributed by atoms with Gasteiger partial charge in [-0.3, -0.25) is 14.9 Å². The van der Waals surface area contributed by atoms with Crippen LogP contribution in [0.5, 0.6) is 11.5 Å².